The fourth-order valence-electron chi connectivity index (χ4n) is 5.11. The van der Waals surface area contributed by atoms with E-state index in [1.54, 1.807) is 11.8 Å². The lowest BCUT2D eigenvalue weighted by atomic mass is 9.85. The van der Waals surface area contributed by atoms with Gasteiger partial charge in [0.1, 0.15) is 5.75 Å². The largest absolute Gasteiger partial charge is 0.492 e. The van der Waals surface area contributed by atoms with Crippen LogP contribution in [0.5, 0.6) is 5.75 Å². The van der Waals surface area contributed by atoms with E-state index in [-0.39, 0.29) is 28.3 Å². The van der Waals surface area contributed by atoms with Gasteiger partial charge in [0.05, 0.1) is 18.0 Å². The van der Waals surface area contributed by atoms with Gasteiger partial charge >= 0.3 is 0 Å². The molecule has 0 saturated carbocycles. The van der Waals surface area contributed by atoms with Gasteiger partial charge in [-0.25, -0.2) is 0 Å². The number of unbranched alkanes of at least 4 members (excludes halogenated alkanes) is 11. The third-order valence-electron chi connectivity index (χ3n) is 7.52. The molecule has 0 aliphatic carbocycles. The second kappa shape index (κ2) is 19.3. The van der Waals surface area contributed by atoms with E-state index in [1.165, 1.54) is 76.2 Å². The van der Waals surface area contributed by atoms with E-state index in [9.17, 15) is 4.79 Å². The molecule has 0 aromatic heterocycles. The van der Waals surface area contributed by atoms with E-state index in [1.807, 2.05) is 24.3 Å². The van der Waals surface area contributed by atoms with Crippen LogP contribution in [0.4, 0.5) is 5.69 Å². The van der Waals surface area contributed by atoms with Crippen LogP contribution in [0.25, 0.3) is 0 Å². The van der Waals surface area contributed by atoms with Gasteiger partial charge in [-0.05, 0) is 41.0 Å². The molecular weight excluding hydrogens is 592 g/mol. The highest BCUT2D eigenvalue weighted by molar-refractivity contribution is 8.93. The van der Waals surface area contributed by atoms with Gasteiger partial charge in [0.25, 0.3) is 5.91 Å². The number of carbonyl (C=O) groups excluding carboxylic acids is 1. The van der Waals surface area contributed by atoms with Gasteiger partial charge < -0.3 is 15.0 Å². The average molecular weight is 646 g/mol. The van der Waals surface area contributed by atoms with E-state index in [4.69, 9.17) is 4.74 Å². The van der Waals surface area contributed by atoms with Crippen molar-refractivity contribution in [3.63, 3.8) is 0 Å². The second-order valence-electron chi connectivity index (χ2n) is 12.1. The number of amides is 1. The van der Waals surface area contributed by atoms with Crippen molar-refractivity contribution < 1.29 is 9.53 Å². The molecule has 228 valence electrons. The summed E-state index contributed by atoms with van der Waals surface area (Å²) in [5, 5.41) is 5.22. The Kier molecular flexibility index (Phi) is 16.6. The van der Waals surface area contributed by atoms with Crippen LogP contribution in [0.2, 0.25) is 0 Å². The third-order valence-corrected chi connectivity index (χ3v) is 8.31. The lowest BCUT2D eigenvalue weighted by Crippen LogP contribution is -2.19. The summed E-state index contributed by atoms with van der Waals surface area (Å²) in [4.78, 5) is 15.7. The Morgan fingerprint density at radius 3 is 2.05 bits per heavy atom. The molecule has 0 atom stereocenters. The zero-order valence-corrected chi connectivity index (χ0v) is 28.4. The molecule has 2 aromatic carbocycles. The maximum atomic E-state index is 13.4. The molecule has 1 amide bonds. The van der Waals surface area contributed by atoms with Crippen molar-refractivity contribution in [3.05, 3.63) is 70.8 Å². The van der Waals surface area contributed by atoms with Gasteiger partial charge in [-0.2, -0.15) is 0 Å². The molecule has 0 unspecified atom stereocenters. The summed E-state index contributed by atoms with van der Waals surface area (Å²) in [5.41, 5.74) is 3.59. The Morgan fingerprint density at radius 2 is 1.49 bits per heavy atom. The molecule has 2 aromatic rings. The van der Waals surface area contributed by atoms with Gasteiger partial charge in [0.15, 0.2) is 0 Å². The molecule has 0 fully saturated rings. The minimum atomic E-state index is -0.123. The van der Waals surface area contributed by atoms with Gasteiger partial charge in [0.2, 0.25) is 0 Å². The molecule has 3 rings (SSSR count). The molecule has 6 heteroatoms. The number of thioether (sulfide) groups is 1. The molecule has 1 heterocycles. The van der Waals surface area contributed by atoms with Crippen LogP contribution in [0.15, 0.2) is 54.1 Å². The van der Waals surface area contributed by atoms with Crippen molar-refractivity contribution in [2.24, 2.45) is 0 Å². The molecule has 1 aliphatic heterocycles. The number of para-hydroxylation sites is 1. The first-order valence-electron chi connectivity index (χ1n) is 15.6. The topological polar surface area (TPSA) is 41.6 Å². The highest BCUT2D eigenvalue weighted by Gasteiger charge is 2.24. The van der Waals surface area contributed by atoms with E-state index in [2.05, 4.69) is 67.7 Å². The lowest BCUT2D eigenvalue weighted by molar-refractivity contribution is 0.102. The van der Waals surface area contributed by atoms with Crippen molar-refractivity contribution >= 4 is 40.3 Å². The molecule has 0 bridgehead atoms. The first kappa shape index (κ1) is 35.3. The van der Waals surface area contributed by atoms with E-state index in [0.29, 0.717) is 12.2 Å². The molecule has 1 aliphatic rings. The van der Waals surface area contributed by atoms with E-state index in [0.717, 1.165) is 35.8 Å². The maximum Gasteiger partial charge on any atom is 0.259 e. The summed E-state index contributed by atoms with van der Waals surface area (Å²) in [5.74, 6) is 1.60. The number of carbonyl (C=O) groups is 1. The van der Waals surface area contributed by atoms with Crippen LogP contribution in [0, 0.1) is 0 Å². The number of rotatable bonds is 18. The Labute approximate surface area is 264 Å². The quantitative estimate of drug-likeness (QED) is 0.164. The van der Waals surface area contributed by atoms with Crippen molar-refractivity contribution in [3.8, 4) is 5.75 Å². The predicted molar refractivity (Wildman–Crippen MR) is 184 cm³/mol. The third kappa shape index (κ3) is 12.9. The van der Waals surface area contributed by atoms with Gasteiger partial charge in [0, 0.05) is 24.0 Å². The summed E-state index contributed by atoms with van der Waals surface area (Å²) in [6.45, 7) is 10.3. The minimum absolute atomic E-state index is 0. The number of benzene rings is 2. The number of hydrogen-bond acceptors (Lipinski definition) is 4. The SMILES string of the molecule is Br.CCCCCCCCCCCCCCOc1c(C(=O)Nc2ccc(CN3C=CSC3)cc2)cccc1C(C)(C)C. The van der Waals surface area contributed by atoms with Crippen LogP contribution in [0.1, 0.15) is 126 Å². The molecule has 0 radical (unpaired) electrons. The van der Waals surface area contributed by atoms with Crippen molar-refractivity contribution in [1.29, 1.82) is 0 Å². The Hall–Kier alpha value is -1.92. The van der Waals surface area contributed by atoms with Crippen LogP contribution in [0.3, 0.4) is 0 Å². The Bertz CT molecular complexity index is 1050. The van der Waals surface area contributed by atoms with Gasteiger partial charge in [-0.3, -0.25) is 4.79 Å². The first-order valence-corrected chi connectivity index (χ1v) is 16.6. The molecule has 0 spiro atoms. The number of nitrogens with zero attached hydrogens (tertiary/aromatic N) is 1. The summed E-state index contributed by atoms with van der Waals surface area (Å²) < 4.78 is 6.36. The lowest BCUT2D eigenvalue weighted by Gasteiger charge is -2.24. The monoisotopic (exact) mass is 644 g/mol. The summed E-state index contributed by atoms with van der Waals surface area (Å²) in [7, 11) is 0. The smallest absolute Gasteiger partial charge is 0.259 e. The Morgan fingerprint density at radius 1 is 0.878 bits per heavy atom. The highest BCUT2D eigenvalue weighted by Crippen LogP contribution is 2.35. The van der Waals surface area contributed by atoms with E-state index < -0.39 is 0 Å². The summed E-state index contributed by atoms with van der Waals surface area (Å²) >= 11 is 1.81. The standard InChI is InChI=1S/C35H52N2O2S.BrH/c1-5-6-7-8-9-10-11-12-13-14-15-16-25-39-33-31(18-17-19-32(33)35(2,3)4)34(38)36-30-22-20-29(21-23-30)27-37-24-26-40-28-37;/h17-24,26H,5-16,25,27-28H2,1-4H3,(H,36,38);1H. The van der Waals surface area contributed by atoms with Crippen molar-refractivity contribution in [2.45, 2.75) is 117 Å². The summed E-state index contributed by atoms with van der Waals surface area (Å²) in [6.07, 6.45) is 17.9. The Balaban J connectivity index is 0.00000588. The zero-order valence-electron chi connectivity index (χ0n) is 25.9. The van der Waals surface area contributed by atoms with Crippen LogP contribution in [-0.2, 0) is 12.0 Å². The maximum absolute atomic E-state index is 13.4. The number of nitrogens with one attached hydrogen (secondary N) is 1. The van der Waals surface area contributed by atoms with Gasteiger partial charge in [-0.1, -0.05) is 123 Å². The van der Waals surface area contributed by atoms with Crippen molar-refractivity contribution in [2.75, 3.05) is 17.8 Å². The fourth-order valence-corrected chi connectivity index (χ4v) is 5.83. The van der Waals surface area contributed by atoms with E-state index >= 15 is 0 Å². The number of halogens is 1. The molecular formula is C35H53BrN2O2S. The van der Waals surface area contributed by atoms with Gasteiger partial charge in [-0.15, -0.1) is 28.7 Å². The number of hydrogen-bond donors (Lipinski definition) is 1. The van der Waals surface area contributed by atoms with Crippen LogP contribution in [-0.4, -0.2) is 23.3 Å². The molecule has 4 nitrogen and oxygen atoms in total. The number of ether oxygens (including phenoxy) is 1. The first-order chi connectivity index (χ1) is 19.4. The molecule has 41 heavy (non-hydrogen) atoms. The van der Waals surface area contributed by atoms with Crippen LogP contribution < -0.4 is 10.1 Å². The molecule has 1 N–H and O–H groups in total. The van der Waals surface area contributed by atoms with Crippen LogP contribution >= 0.6 is 28.7 Å². The summed E-state index contributed by atoms with van der Waals surface area (Å²) in [6, 6.07) is 14.1. The second-order valence-corrected chi connectivity index (χ2v) is 13.0. The minimum Gasteiger partial charge on any atom is -0.492 e. The zero-order chi connectivity index (χ0) is 28.6. The predicted octanol–water partition coefficient (Wildman–Crippen LogP) is 10.9. The highest BCUT2D eigenvalue weighted by atomic mass is 79.9. The van der Waals surface area contributed by atoms with Crippen molar-refractivity contribution in [1.82, 2.24) is 4.90 Å². The average Bonchev–Trinajstić information content (AvgIpc) is 3.45. The number of anilines is 1. The molecule has 0 saturated heterocycles. The fraction of sp³-hybridized carbons (Fsp3) is 0.571. The normalized spacial score (nSPS) is 12.8.